The summed E-state index contributed by atoms with van der Waals surface area (Å²) in [6, 6.07) is 7.26. The van der Waals surface area contributed by atoms with E-state index in [1.54, 1.807) is 25.3 Å². The maximum Gasteiger partial charge on any atom is 0.138 e. The Balaban J connectivity index is 2.58. The van der Waals surface area contributed by atoms with Gasteiger partial charge >= 0.3 is 0 Å². The van der Waals surface area contributed by atoms with Crippen LogP contribution in [0.4, 0.5) is 0 Å². The molecule has 2 rings (SSSR count). The van der Waals surface area contributed by atoms with Crippen LogP contribution < -0.4 is 4.74 Å². The molecule has 0 saturated carbocycles. The van der Waals surface area contributed by atoms with Crippen molar-refractivity contribution < 1.29 is 4.74 Å². The summed E-state index contributed by atoms with van der Waals surface area (Å²) in [6.45, 7) is 0. The molecule has 0 unspecified atom stereocenters. The lowest BCUT2D eigenvalue weighted by Crippen LogP contribution is -1.98. The van der Waals surface area contributed by atoms with Crippen LogP contribution in [0.25, 0.3) is 5.69 Å². The molecule has 0 radical (unpaired) electrons. The van der Waals surface area contributed by atoms with Gasteiger partial charge in [-0.05, 0) is 12.1 Å². The highest BCUT2D eigenvalue weighted by molar-refractivity contribution is 5.51. The molecule has 0 N–H and O–H groups in total. The summed E-state index contributed by atoms with van der Waals surface area (Å²) in [5.74, 6) is 0.680. The van der Waals surface area contributed by atoms with Gasteiger partial charge in [0.1, 0.15) is 24.5 Å². The van der Waals surface area contributed by atoms with Gasteiger partial charge in [-0.15, -0.1) is 0 Å². The lowest BCUT2D eigenvalue weighted by atomic mass is 10.2. The van der Waals surface area contributed by atoms with Crippen molar-refractivity contribution in [1.82, 2.24) is 14.8 Å². The minimum Gasteiger partial charge on any atom is -0.497 e. The second-order valence-electron chi connectivity index (χ2n) is 2.83. The number of methoxy groups -OCH3 is 1. The van der Waals surface area contributed by atoms with Crippen molar-refractivity contribution in [3.63, 3.8) is 0 Å². The number of aromatic nitrogens is 3. The Morgan fingerprint density at radius 3 is 2.93 bits per heavy atom. The zero-order valence-corrected chi connectivity index (χ0v) is 8.08. The molecule has 0 aliphatic carbocycles. The Bertz CT molecular complexity index is 499. The fourth-order valence-corrected chi connectivity index (χ4v) is 1.26. The second-order valence-corrected chi connectivity index (χ2v) is 2.83. The molecule has 5 heteroatoms. The highest BCUT2D eigenvalue weighted by atomic mass is 16.5. The quantitative estimate of drug-likeness (QED) is 0.729. The van der Waals surface area contributed by atoms with Crippen molar-refractivity contribution in [3.8, 4) is 17.5 Å². The first-order valence-electron chi connectivity index (χ1n) is 4.28. The average Bonchev–Trinajstić information content (AvgIpc) is 2.81. The third-order valence-electron chi connectivity index (χ3n) is 1.99. The van der Waals surface area contributed by atoms with Gasteiger partial charge in [0.25, 0.3) is 0 Å². The largest absolute Gasteiger partial charge is 0.497 e. The van der Waals surface area contributed by atoms with Crippen LogP contribution in [0, 0.1) is 11.3 Å². The molecule has 0 aliphatic rings. The molecule has 0 fully saturated rings. The molecule has 0 bridgehead atoms. The minimum atomic E-state index is 0.529. The number of nitriles is 1. The van der Waals surface area contributed by atoms with Crippen LogP contribution in [0.15, 0.2) is 30.9 Å². The first kappa shape index (κ1) is 9.21. The van der Waals surface area contributed by atoms with E-state index in [-0.39, 0.29) is 0 Å². The number of ether oxygens (including phenoxy) is 1. The SMILES string of the molecule is COc1ccc(C#N)c(-n2cncn2)c1. The second kappa shape index (κ2) is 3.80. The van der Waals surface area contributed by atoms with Crippen LogP contribution >= 0.6 is 0 Å². The van der Waals surface area contributed by atoms with E-state index in [2.05, 4.69) is 16.2 Å². The molecule has 5 nitrogen and oxygen atoms in total. The average molecular weight is 200 g/mol. The Labute approximate surface area is 86.6 Å². The fourth-order valence-electron chi connectivity index (χ4n) is 1.26. The molecule has 74 valence electrons. The number of benzene rings is 1. The molecule has 1 aromatic heterocycles. The highest BCUT2D eigenvalue weighted by Crippen LogP contribution is 2.19. The van der Waals surface area contributed by atoms with Crippen LogP contribution in [0.2, 0.25) is 0 Å². The summed E-state index contributed by atoms with van der Waals surface area (Å²) in [4.78, 5) is 3.83. The van der Waals surface area contributed by atoms with Gasteiger partial charge in [-0.25, -0.2) is 9.67 Å². The first-order valence-corrected chi connectivity index (χ1v) is 4.28. The lowest BCUT2D eigenvalue weighted by Gasteiger charge is -2.05. The molecule has 15 heavy (non-hydrogen) atoms. The number of hydrogen-bond donors (Lipinski definition) is 0. The monoisotopic (exact) mass is 200 g/mol. The summed E-state index contributed by atoms with van der Waals surface area (Å²) in [5, 5.41) is 12.9. The van der Waals surface area contributed by atoms with E-state index in [1.807, 2.05) is 0 Å². The predicted octanol–water partition coefficient (Wildman–Crippen LogP) is 1.15. The van der Waals surface area contributed by atoms with Crippen molar-refractivity contribution >= 4 is 0 Å². The fraction of sp³-hybridized carbons (Fsp3) is 0.100. The molecule has 0 aliphatic heterocycles. The molecule has 2 aromatic rings. The van der Waals surface area contributed by atoms with Gasteiger partial charge in [0, 0.05) is 6.07 Å². The van der Waals surface area contributed by atoms with E-state index in [0.29, 0.717) is 17.0 Å². The van der Waals surface area contributed by atoms with Crippen molar-refractivity contribution in [2.24, 2.45) is 0 Å². The Kier molecular flexibility index (Phi) is 2.33. The number of rotatable bonds is 2. The van der Waals surface area contributed by atoms with Gasteiger partial charge in [-0.2, -0.15) is 10.4 Å². The Morgan fingerprint density at radius 2 is 2.33 bits per heavy atom. The summed E-state index contributed by atoms with van der Waals surface area (Å²) in [7, 11) is 1.58. The lowest BCUT2D eigenvalue weighted by molar-refractivity contribution is 0.414. The molecular weight excluding hydrogens is 192 g/mol. The summed E-state index contributed by atoms with van der Waals surface area (Å²) in [5.41, 5.74) is 1.19. The maximum absolute atomic E-state index is 8.93. The molecule has 1 aromatic carbocycles. The van der Waals surface area contributed by atoms with E-state index >= 15 is 0 Å². The Hall–Kier alpha value is -2.35. The third-order valence-corrected chi connectivity index (χ3v) is 1.99. The summed E-state index contributed by atoms with van der Waals surface area (Å²) in [6.07, 6.45) is 2.95. The van der Waals surface area contributed by atoms with Crippen molar-refractivity contribution in [3.05, 3.63) is 36.4 Å². The Morgan fingerprint density at radius 1 is 1.47 bits per heavy atom. The van der Waals surface area contributed by atoms with Crippen molar-refractivity contribution in [2.75, 3.05) is 7.11 Å². The molecule has 0 amide bonds. The van der Waals surface area contributed by atoms with Crippen molar-refractivity contribution in [1.29, 1.82) is 5.26 Å². The van der Waals surface area contributed by atoms with Crippen molar-refractivity contribution in [2.45, 2.75) is 0 Å². The summed E-state index contributed by atoms with van der Waals surface area (Å²) >= 11 is 0. The number of nitrogens with zero attached hydrogens (tertiary/aromatic N) is 4. The van der Waals surface area contributed by atoms with E-state index in [9.17, 15) is 0 Å². The predicted molar refractivity (Wildman–Crippen MR) is 52.6 cm³/mol. The maximum atomic E-state index is 8.93. The molecule has 0 saturated heterocycles. The molecule has 0 spiro atoms. The van der Waals surface area contributed by atoms with Crippen LogP contribution in [0.1, 0.15) is 5.56 Å². The standard InChI is InChI=1S/C10H8N4O/c1-15-9-3-2-8(5-11)10(4-9)14-7-12-6-13-14/h2-4,6-7H,1H3. The topological polar surface area (TPSA) is 63.7 Å². The number of hydrogen-bond acceptors (Lipinski definition) is 4. The van der Waals surface area contributed by atoms with Gasteiger partial charge < -0.3 is 4.74 Å². The molecular formula is C10H8N4O. The molecule has 0 atom stereocenters. The van der Waals surface area contributed by atoms with E-state index < -0.39 is 0 Å². The van der Waals surface area contributed by atoms with Gasteiger partial charge in [-0.3, -0.25) is 0 Å². The third kappa shape index (κ3) is 1.65. The van der Waals surface area contributed by atoms with E-state index in [4.69, 9.17) is 10.00 Å². The zero-order chi connectivity index (χ0) is 10.7. The highest BCUT2D eigenvalue weighted by Gasteiger charge is 2.06. The van der Waals surface area contributed by atoms with Crippen LogP contribution in [0.3, 0.4) is 0 Å². The summed E-state index contributed by atoms with van der Waals surface area (Å²) < 4.78 is 6.61. The van der Waals surface area contributed by atoms with Gasteiger partial charge in [-0.1, -0.05) is 0 Å². The van der Waals surface area contributed by atoms with Gasteiger partial charge in [0.05, 0.1) is 18.4 Å². The van der Waals surface area contributed by atoms with E-state index in [1.165, 1.54) is 17.3 Å². The van der Waals surface area contributed by atoms with Crippen LogP contribution in [0.5, 0.6) is 5.75 Å². The normalized spacial score (nSPS) is 9.60. The van der Waals surface area contributed by atoms with Crippen LogP contribution in [-0.2, 0) is 0 Å². The van der Waals surface area contributed by atoms with E-state index in [0.717, 1.165) is 0 Å². The van der Waals surface area contributed by atoms with Crippen LogP contribution in [-0.4, -0.2) is 21.9 Å². The minimum absolute atomic E-state index is 0.529. The smallest absolute Gasteiger partial charge is 0.138 e. The first-order chi connectivity index (χ1) is 7.35. The van der Waals surface area contributed by atoms with Gasteiger partial charge in [0.15, 0.2) is 0 Å². The zero-order valence-electron chi connectivity index (χ0n) is 8.08. The van der Waals surface area contributed by atoms with Gasteiger partial charge in [0.2, 0.25) is 0 Å². The molecule has 1 heterocycles.